The first-order valence-corrected chi connectivity index (χ1v) is 8.35. The van der Waals surface area contributed by atoms with Crippen LogP contribution in [0.25, 0.3) is 0 Å². The number of rotatable bonds is 6. The van der Waals surface area contributed by atoms with Gasteiger partial charge in [-0.3, -0.25) is 0 Å². The Hall–Kier alpha value is -1.23. The molecule has 0 radical (unpaired) electrons. The van der Waals surface area contributed by atoms with Gasteiger partial charge in [-0.05, 0) is 55.2 Å². The van der Waals surface area contributed by atoms with Gasteiger partial charge in [-0.1, -0.05) is 41.4 Å². The van der Waals surface area contributed by atoms with Gasteiger partial charge in [0.25, 0.3) is 0 Å². The Morgan fingerprint density at radius 1 is 0.958 bits per heavy atom. The van der Waals surface area contributed by atoms with E-state index >= 15 is 0 Å². The predicted octanol–water partition coefficient (Wildman–Crippen LogP) is 6.12. The van der Waals surface area contributed by atoms with Gasteiger partial charge < -0.3 is 5.32 Å². The molecule has 1 nitrogen and oxygen atoms in total. The predicted molar refractivity (Wildman–Crippen MR) is 92.5 cm³/mol. The highest BCUT2D eigenvalue weighted by molar-refractivity contribution is 6.42. The van der Waals surface area contributed by atoms with Crippen molar-refractivity contribution in [2.75, 3.05) is 0 Å². The van der Waals surface area contributed by atoms with E-state index in [0.717, 1.165) is 36.1 Å². The lowest BCUT2D eigenvalue weighted by Crippen LogP contribution is -2.26. The molecule has 2 aromatic carbocycles. The summed E-state index contributed by atoms with van der Waals surface area (Å²) in [5.41, 5.74) is 1.30. The van der Waals surface area contributed by atoms with Crippen molar-refractivity contribution >= 4 is 23.2 Å². The van der Waals surface area contributed by atoms with Crippen LogP contribution in [0.5, 0.6) is 0 Å². The van der Waals surface area contributed by atoms with Crippen LogP contribution in [0, 0.1) is 0 Å². The van der Waals surface area contributed by atoms with Crippen LogP contribution < -0.4 is 5.32 Å². The van der Waals surface area contributed by atoms with Crippen LogP contribution in [0.15, 0.2) is 42.5 Å². The molecule has 0 aromatic heterocycles. The maximum Gasteiger partial charge on any atom is 0.416 e. The molecule has 1 atom stereocenters. The molecule has 130 valence electrons. The molecule has 0 saturated heterocycles. The highest BCUT2D eigenvalue weighted by Crippen LogP contribution is 2.29. The summed E-state index contributed by atoms with van der Waals surface area (Å²) >= 11 is 11.9. The second-order valence-corrected chi connectivity index (χ2v) is 6.58. The van der Waals surface area contributed by atoms with Gasteiger partial charge in [0.15, 0.2) is 0 Å². The molecule has 1 unspecified atom stereocenters. The standard InChI is InChI=1S/C18H18Cl2F3N/c1-12(2-3-13-6-9-16(19)17(20)10-13)24-11-14-4-7-15(8-5-14)18(21,22)23/h4-10,12,24H,2-3,11H2,1H3. The van der Waals surface area contributed by atoms with Gasteiger partial charge in [0.1, 0.15) is 0 Å². The van der Waals surface area contributed by atoms with Crippen molar-refractivity contribution < 1.29 is 13.2 Å². The molecule has 0 spiro atoms. The van der Waals surface area contributed by atoms with Crippen molar-refractivity contribution in [3.8, 4) is 0 Å². The van der Waals surface area contributed by atoms with E-state index in [2.05, 4.69) is 5.32 Å². The van der Waals surface area contributed by atoms with Crippen molar-refractivity contribution in [1.82, 2.24) is 5.32 Å². The van der Waals surface area contributed by atoms with E-state index in [0.29, 0.717) is 16.6 Å². The van der Waals surface area contributed by atoms with Crippen LogP contribution in [0.1, 0.15) is 30.0 Å². The average Bonchev–Trinajstić information content (AvgIpc) is 2.53. The quantitative estimate of drug-likeness (QED) is 0.640. The number of benzene rings is 2. The number of nitrogens with one attached hydrogen (secondary N) is 1. The first kappa shape index (κ1) is 19.1. The third kappa shape index (κ3) is 5.69. The first-order valence-electron chi connectivity index (χ1n) is 7.59. The summed E-state index contributed by atoms with van der Waals surface area (Å²) in [6.45, 7) is 2.57. The Balaban J connectivity index is 1.80. The molecular formula is C18H18Cl2F3N. The molecule has 0 aliphatic rings. The highest BCUT2D eigenvalue weighted by Gasteiger charge is 2.29. The smallest absolute Gasteiger partial charge is 0.310 e. The minimum absolute atomic E-state index is 0.224. The lowest BCUT2D eigenvalue weighted by molar-refractivity contribution is -0.137. The molecular weight excluding hydrogens is 358 g/mol. The minimum Gasteiger partial charge on any atom is -0.310 e. The van der Waals surface area contributed by atoms with Gasteiger partial charge in [0.2, 0.25) is 0 Å². The Bertz CT molecular complexity index is 669. The number of hydrogen-bond donors (Lipinski definition) is 1. The van der Waals surface area contributed by atoms with Crippen molar-refractivity contribution in [2.24, 2.45) is 0 Å². The largest absolute Gasteiger partial charge is 0.416 e. The maximum absolute atomic E-state index is 12.5. The topological polar surface area (TPSA) is 12.0 Å². The van der Waals surface area contributed by atoms with Crippen molar-refractivity contribution in [3.05, 3.63) is 69.2 Å². The number of alkyl halides is 3. The summed E-state index contributed by atoms with van der Waals surface area (Å²) in [4.78, 5) is 0. The fourth-order valence-corrected chi connectivity index (χ4v) is 2.60. The van der Waals surface area contributed by atoms with Crippen LogP contribution in [0.4, 0.5) is 13.2 Å². The number of hydrogen-bond acceptors (Lipinski definition) is 1. The zero-order valence-electron chi connectivity index (χ0n) is 13.1. The maximum atomic E-state index is 12.5. The summed E-state index contributed by atoms with van der Waals surface area (Å²) in [6.07, 6.45) is -2.56. The van der Waals surface area contributed by atoms with Gasteiger partial charge >= 0.3 is 6.18 Å². The average molecular weight is 376 g/mol. The molecule has 2 aromatic rings. The molecule has 24 heavy (non-hydrogen) atoms. The molecule has 0 aliphatic carbocycles. The summed E-state index contributed by atoms with van der Waals surface area (Å²) in [5.74, 6) is 0. The lowest BCUT2D eigenvalue weighted by Gasteiger charge is -2.14. The molecule has 0 fully saturated rings. The summed E-state index contributed by atoms with van der Waals surface area (Å²) in [5, 5.41) is 4.39. The highest BCUT2D eigenvalue weighted by atomic mass is 35.5. The zero-order chi connectivity index (χ0) is 17.7. The summed E-state index contributed by atoms with van der Waals surface area (Å²) in [7, 11) is 0. The summed E-state index contributed by atoms with van der Waals surface area (Å²) in [6, 6.07) is 11.0. The van der Waals surface area contributed by atoms with Crippen LogP contribution in [0.2, 0.25) is 10.0 Å². The van der Waals surface area contributed by atoms with Crippen molar-refractivity contribution in [3.63, 3.8) is 0 Å². The van der Waals surface area contributed by atoms with Crippen LogP contribution >= 0.6 is 23.2 Å². The first-order chi connectivity index (χ1) is 11.3. The van der Waals surface area contributed by atoms with Gasteiger partial charge in [0, 0.05) is 12.6 Å². The second kappa shape index (κ2) is 8.24. The molecule has 0 saturated carbocycles. The Kier molecular flexibility index (Phi) is 6.55. The third-order valence-corrected chi connectivity index (χ3v) is 4.52. The van der Waals surface area contributed by atoms with Gasteiger partial charge in [0.05, 0.1) is 15.6 Å². The molecule has 0 aliphatic heterocycles. The molecule has 1 N–H and O–H groups in total. The minimum atomic E-state index is -4.29. The van der Waals surface area contributed by atoms with Crippen LogP contribution in [0.3, 0.4) is 0 Å². The SMILES string of the molecule is CC(CCc1ccc(Cl)c(Cl)c1)NCc1ccc(C(F)(F)F)cc1. The van der Waals surface area contributed by atoms with Gasteiger partial charge in [-0.25, -0.2) is 0 Å². The normalized spacial score (nSPS) is 13.1. The van der Waals surface area contributed by atoms with E-state index in [4.69, 9.17) is 23.2 Å². The third-order valence-electron chi connectivity index (χ3n) is 3.79. The van der Waals surface area contributed by atoms with Gasteiger partial charge in [-0.2, -0.15) is 13.2 Å². The van der Waals surface area contributed by atoms with Crippen molar-refractivity contribution in [1.29, 1.82) is 0 Å². The fraction of sp³-hybridized carbons (Fsp3) is 0.333. The monoisotopic (exact) mass is 375 g/mol. The van der Waals surface area contributed by atoms with E-state index in [1.54, 1.807) is 6.07 Å². The van der Waals surface area contributed by atoms with Crippen LogP contribution in [-0.4, -0.2) is 6.04 Å². The molecule has 0 bridgehead atoms. The molecule has 2 rings (SSSR count). The Morgan fingerprint density at radius 3 is 2.17 bits per heavy atom. The zero-order valence-corrected chi connectivity index (χ0v) is 14.6. The molecule has 6 heteroatoms. The van der Waals surface area contributed by atoms with E-state index in [1.165, 1.54) is 12.1 Å². The van der Waals surface area contributed by atoms with Crippen molar-refractivity contribution in [2.45, 2.75) is 38.5 Å². The Labute approximate surface area is 149 Å². The summed E-state index contributed by atoms with van der Waals surface area (Å²) < 4.78 is 37.5. The Morgan fingerprint density at radius 2 is 1.58 bits per heavy atom. The van der Waals surface area contributed by atoms with E-state index < -0.39 is 11.7 Å². The lowest BCUT2D eigenvalue weighted by atomic mass is 10.1. The molecule has 0 amide bonds. The van der Waals surface area contributed by atoms with Gasteiger partial charge in [-0.15, -0.1) is 0 Å². The molecule has 0 heterocycles. The van der Waals surface area contributed by atoms with Crippen LogP contribution in [-0.2, 0) is 19.1 Å². The van der Waals surface area contributed by atoms with E-state index in [1.807, 2.05) is 19.1 Å². The van der Waals surface area contributed by atoms with E-state index in [9.17, 15) is 13.2 Å². The fourth-order valence-electron chi connectivity index (χ4n) is 2.28. The number of aryl methyl sites for hydroxylation is 1. The second-order valence-electron chi connectivity index (χ2n) is 5.76. The number of halogens is 5. The van der Waals surface area contributed by atoms with E-state index in [-0.39, 0.29) is 6.04 Å².